The van der Waals surface area contributed by atoms with Crippen LogP contribution in [-0.4, -0.2) is 19.2 Å². The minimum absolute atomic E-state index is 0.664. The van der Waals surface area contributed by atoms with Crippen molar-refractivity contribution in [3.05, 3.63) is 27.7 Å². The van der Waals surface area contributed by atoms with Crippen LogP contribution in [0.3, 0.4) is 0 Å². The smallest absolute Gasteiger partial charge is 0.137 e. The van der Waals surface area contributed by atoms with Gasteiger partial charge >= 0.3 is 0 Å². The predicted molar refractivity (Wildman–Crippen MR) is 71.2 cm³/mol. The number of quaternary nitrogens is 1. The van der Waals surface area contributed by atoms with Gasteiger partial charge in [0.05, 0.1) is 10.5 Å². The molecule has 1 atom stereocenters. The van der Waals surface area contributed by atoms with Gasteiger partial charge in [0, 0.05) is 5.02 Å². The van der Waals surface area contributed by atoms with Crippen molar-refractivity contribution in [2.75, 3.05) is 13.2 Å². The number of hydrogen-bond donors (Lipinski definition) is 1. The molecule has 0 aliphatic rings. The third-order valence-electron chi connectivity index (χ3n) is 2.48. The lowest BCUT2D eigenvalue weighted by molar-refractivity contribution is -0.686. The molecule has 0 heterocycles. The third-order valence-corrected chi connectivity index (χ3v) is 3.34. The molecule has 0 bridgehead atoms. The van der Waals surface area contributed by atoms with Crippen LogP contribution in [0.5, 0.6) is 5.75 Å². The molecule has 0 spiro atoms. The molecule has 0 aliphatic heterocycles. The van der Waals surface area contributed by atoms with Gasteiger partial charge in [-0.05, 0) is 47.5 Å². The third kappa shape index (κ3) is 4.73. The fourth-order valence-electron chi connectivity index (χ4n) is 1.28. The second-order valence-corrected chi connectivity index (χ2v) is 5.12. The van der Waals surface area contributed by atoms with Crippen LogP contribution in [0.25, 0.3) is 0 Å². The molecule has 0 amide bonds. The van der Waals surface area contributed by atoms with Crippen LogP contribution in [0.1, 0.15) is 20.3 Å². The number of benzene rings is 1. The van der Waals surface area contributed by atoms with E-state index in [2.05, 4.69) is 35.1 Å². The molecule has 2 N–H and O–H groups in total. The van der Waals surface area contributed by atoms with Crippen LogP contribution in [0.2, 0.25) is 5.02 Å². The van der Waals surface area contributed by atoms with Gasteiger partial charge in [0.15, 0.2) is 0 Å². The monoisotopic (exact) mass is 306 g/mol. The van der Waals surface area contributed by atoms with E-state index >= 15 is 0 Å². The Morgan fingerprint density at radius 3 is 2.88 bits per heavy atom. The first-order valence-corrected chi connectivity index (χ1v) is 6.71. The minimum Gasteiger partial charge on any atom is -0.487 e. The van der Waals surface area contributed by atoms with Crippen LogP contribution in [0.15, 0.2) is 22.7 Å². The Balaban J connectivity index is 2.32. The fraction of sp³-hybridized carbons (Fsp3) is 0.500. The van der Waals surface area contributed by atoms with Crippen LogP contribution < -0.4 is 10.1 Å². The Morgan fingerprint density at radius 2 is 2.25 bits per heavy atom. The second-order valence-electron chi connectivity index (χ2n) is 3.83. The first kappa shape index (κ1) is 13.8. The quantitative estimate of drug-likeness (QED) is 0.804. The zero-order chi connectivity index (χ0) is 12.0. The highest BCUT2D eigenvalue weighted by Gasteiger charge is 2.03. The highest BCUT2D eigenvalue weighted by atomic mass is 79.9. The Bertz CT molecular complexity index is 333. The molecule has 0 unspecified atom stereocenters. The lowest BCUT2D eigenvalue weighted by Gasteiger charge is -2.10. The summed E-state index contributed by atoms with van der Waals surface area (Å²) in [6.07, 6.45) is 1.19. The molecule has 0 fully saturated rings. The summed E-state index contributed by atoms with van der Waals surface area (Å²) >= 11 is 9.27. The zero-order valence-electron chi connectivity index (χ0n) is 9.67. The van der Waals surface area contributed by atoms with Gasteiger partial charge in [-0.25, -0.2) is 0 Å². The van der Waals surface area contributed by atoms with E-state index < -0.39 is 0 Å². The number of nitrogens with two attached hydrogens (primary N) is 1. The van der Waals surface area contributed by atoms with Gasteiger partial charge in [-0.2, -0.15) is 0 Å². The maximum atomic E-state index is 5.85. The average molecular weight is 308 g/mol. The summed E-state index contributed by atoms with van der Waals surface area (Å²) in [4.78, 5) is 0. The van der Waals surface area contributed by atoms with E-state index in [1.807, 2.05) is 18.2 Å². The van der Waals surface area contributed by atoms with Crippen molar-refractivity contribution in [2.45, 2.75) is 26.3 Å². The topological polar surface area (TPSA) is 25.8 Å². The summed E-state index contributed by atoms with van der Waals surface area (Å²) in [6.45, 7) is 6.10. The van der Waals surface area contributed by atoms with E-state index in [0.29, 0.717) is 17.7 Å². The first-order valence-electron chi connectivity index (χ1n) is 5.54. The van der Waals surface area contributed by atoms with Crippen molar-refractivity contribution < 1.29 is 10.1 Å². The van der Waals surface area contributed by atoms with Crippen LogP contribution >= 0.6 is 27.5 Å². The number of rotatable bonds is 6. The van der Waals surface area contributed by atoms with Gasteiger partial charge in [0.25, 0.3) is 0 Å². The van der Waals surface area contributed by atoms with Crippen molar-refractivity contribution in [1.82, 2.24) is 0 Å². The number of hydrogen-bond acceptors (Lipinski definition) is 1. The lowest BCUT2D eigenvalue weighted by Crippen LogP contribution is -2.90. The molecular formula is C12H18BrClNO+. The highest BCUT2D eigenvalue weighted by Crippen LogP contribution is 2.27. The van der Waals surface area contributed by atoms with Crippen molar-refractivity contribution in [1.29, 1.82) is 0 Å². The minimum atomic E-state index is 0.664. The van der Waals surface area contributed by atoms with Gasteiger partial charge in [-0.15, -0.1) is 0 Å². The summed E-state index contributed by atoms with van der Waals surface area (Å²) in [5.74, 6) is 0.849. The maximum Gasteiger partial charge on any atom is 0.137 e. The summed E-state index contributed by atoms with van der Waals surface area (Å²) in [7, 11) is 0. The molecule has 4 heteroatoms. The molecule has 0 saturated carbocycles. The Morgan fingerprint density at radius 1 is 1.50 bits per heavy atom. The Labute approximate surface area is 110 Å². The summed E-state index contributed by atoms with van der Waals surface area (Å²) in [5, 5.41) is 3.01. The normalized spacial score (nSPS) is 12.5. The summed E-state index contributed by atoms with van der Waals surface area (Å²) < 4.78 is 6.56. The summed E-state index contributed by atoms with van der Waals surface area (Å²) in [6, 6.07) is 6.22. The van der Waals surface area contributed by atoms with E-state index in [4.69, 9.17) is 16.3 Å². The van der Waals surface area contributed by atoms with Crippen LogP contribution in [0, 0.1) is 0 Å². The molecule has 1 aromatic carbocycles. The Hall–Kier alpha value is -0.250. The molecule has 1 aromatic rings. The van der Waals surface area contributed by atoms with E-state index in [1.165, 1.54) is 6.42 Å². The molecule has 0 saturated heterocycles. The summed E-state index contributed by atoms with van der Waals surface area (Å²) in [5.41, 5.74) is 0. The van der Waals surface area contributed by atoms with Crippen molar-refractivity contribution in [3.63, 3.8) is 0 Å². The largest absolute Gasteiger partial charge is 0.487 e. The first-order chi connectivity index (χ1) is 7.63. The van der Waals surface area contributed by atoms with E-state index in [0.717, 1.165) is 16.8 Å². The fourth-order valence-corrected chi connectivity index (χ4v) is 2.08. The maximum absolute atomic E-state index is 5.85. The molecule has 0 radical (unpaired) electrons. The standard InChI is InChI=1S/C12H17BrClNO/c1-3-9(2)15-6-7-16-12-5-4-10(14)8-11(12)13/h4-5,8-9,15H,3,6-7H2,1-2H3/p+1/t9-/m1/s1. The average Bonchev–Trinajstić information content (AvgIpc) is 2.26. The SMILES string of the molecule is CC[C@@H](C)[NH2+]CCOc1ccc(Cl)cc1Br. The van der Waals surface area contributed by atoms with Crippen molar-refractivity contribution >= 4 is 27.5 Å². The van der Waals surface area contributed by atoms with E-state index in [-0.39, 0.29) is 0 Å². The van der Waals surface area contributed by atoms with Crippen molar-refractivity contribution in [3.8, 4) is 5.75 Å². The van der Waals surface area contributed by atoms with Crippen LogP contribution in [0.4, 0.5) is 0 Å². The molecule has 90 valence electrons. The van der Waals surface area contributed by atoms with E-state index in [1.54, 1.807) is 0 Å². The van der Waals surface area contributed by atoms with Gasteiger partial charge in [-0.3, -0.25) is 0 Å². The van der Waals surface area contributed by atoms with Crippen LogP contribution in [-0.2, 0) is 0 Å². The number of halogens is 2. The van der Waals surface area contributed by atoms with Gasteiger partial charge in [0.2, 0.25) is 0 Å². The Kier molecular flexibility index (Phi) is 6.17. The van der Waals surface area contributed by atoms with Crippen molar-refractivity contribution in [2.24, 2.45) is 0 Å². The highest BCUT2D eigenvalue weighted by molar-refractivity contribution is 9.10. The molecule has 16 heavy (non-hydrogen) atoms. The zero-order valence-corrected chi connectivity index (χ0v) is 12.0. The van der Waals surface area contributed by atoms with Gasteiger partial charge in [-0.1, -0.05) is 18.5 Å². The molecule has 0 aromatic heterocycles. The predicted octanol–water partition coefficient (Wildman–Crippen LogP) is 2.84. The molecular weight excluding hydrogens is 289 g/mol. The van der Waals surface area contributed by atoms with E-state index in [9.17, 15) is 0 Å². The molecule has 1 rings (SSSR count). The van der Waals surface area contributed by atoms with Gasteiger partial charge < -0.3 is 10.1 Å². The molecule has 0 aliphatic carbocycles. The lowest BCUT2D eigenvalue weighted by atomic mass is 10.3. The number of ether oxygens (including phenoxy) is 1. The van der Waals surface area contributed by atoms with Gasteiger partial charge in [0.1, 0.15) is 18.9 Å². The molecule has 2 nitrogen and oxygen atoms in total. The second kappa shape index (κ2) is 7.15.